The van der Waals surface area contributed by atoms with Gasteiger partial charge in [-0.05, 0) is 18.4 Å². The van der Waals surface area contributed by atoms with Crippen molar-refractivity contribution in [2.24, 2.45) is 5.92 Å². The Hall–Kier alpha value is -1.62. The molecule has 82 valence electrons. The third-order valence-corrected chi connectivity index (χ3v) is 3.25. The maximum atomic E-state index is 11.9. The predicted molar refractivity (Wildman–Crippen MR) is 63.4 cm³/mol. The number of hydrogen-bond donors (Lipinski definition) is 0. The fraction of sp³-hybridized carbons (Fsp3) is 0.429. The summed E-state index contributed by atoms with van der Waals surface area (Å²) in [6.45, 7) is 6.85. The number of carbonyl (C=O) groups is 1. The van der Waals surface area contributed by atoms with Gasteiger partial charge in [-0.2, -0.15) is 0 Å². The van der Waals surface area contributed by atoms with Gasteiger partial charge in [0.25, 0.3) is 0 Å². The van der Waals surface area contributed by atoms with Gasteiger partial charge in [0.1, 0.15) is 5.78 Å². The highest BCUT2D eigenvalue weighted by Crippen LogP contribution is 2.26. The summed E-state index contributed by atoms with van der Waals surface area (Å²) in [5, 5.41) is 0. The largest absolute Gasteiger partial charge is 0.299 e. The fourth-order valence-electron chi connectivity index (χ4n) is 2.28. The zero-order valence-electron chi connectivity index (χ0n) is 9.28. The monoisotopic (exact) mass is 213 g/mol. The molecule has 1 aliphatic rings. The minimum absolute atomic E-state index is 0.292. The second-order valence-electron chi connectivity index (χ2n) is 4.40. The topological polar surface area (TPSA) is 21.4 Å². The fourth-order valence-corrected chi connectivity index (χ4v) is 2.28. The molecule has 1 aromatic carbocycles. The molecule has 0 radical (unpaired) electrons. The Bertz CT molecular complexity index is 407. The number of rotatable bonds is 3. The first-order chi connectivity index (χ1) is 7.79. The summed E-state index contributed by atoms with van der Waals surface area (Å²) in [6, 6.07) is 7.34. The summed E-state index contributed by atoms with van der Waals surface area (Å²) >= 11 is 0. The zero-order valence-corrected chi connectivity index (χ0v) is 9.28. The van der Waals surface area contributed by atoms with Crippen molar-refractivity contribution < 1.29 is 4.79 Å². The number of hydrogen-bond acceptors (Lipinski definition) is 1. The first kappa shape index (κ1) is 10.9. The van der Waals surface area contributed by atoms with E-state index in [4.69, 9.17) is 6.57 Å². The van der Waals surface area contributed by atoms with Gasteiger partial charge < -0.3 is 0 Å². The third kappa shape index (κ3) is 2.49. The molecule has 0 bridgehead atoms. The lowest BCUT2D eigenvalue weighted by atomic mass is 9.96. The van der Waals surface area contributed by atoms with E-state index in [-0.39, 0.29) is 0 Å². The molecule has 0 aliphatic heterocycles. The van der Waals surface area contributed by atoms with Crippen molar-refractivity contribution in [2.75, 3.05) is 0 Å². The van der Waals surface area contributed by atoms with Gasteiger partial charge in [0.15, 0.2) is 5.69 Å². The van der Waals surface area contributed by atoms with Crippen LogP contribution in [0.4, 0.5) is 5.69 Å². The van der Waals surface area contributed by atoms with Gasteiger partial charge in [-0.25, -0.2) is 4.85 Å². The molecular formula is C14H15NO. The molecule has 0 atom stereocenters. The van der Waals surface area contributed by atoms with E-state index >= 15 is 0 Å². The van der Waals surface area contributed by atoms with Crippen molar-refractivity contribution in [2.45, 2.75) is 32.1 Å². The normalized spacial score (nSPS) is 15.9. The Labute approximate surface area is 96.1 Å². The molecule has 2 nitrogen and oxygen atoms in total. The van der Waals surface area contributed by atoms with Crippen LogP contribution in [0.5, 0.6) is 0 Å². The van der Waals surface area contributed by atoms with Crippen molar-refractivity contribution in [3.63, 3.8) is 0 Å². The number of Topliss-reactive ketones (excluding diaryl/α,β-unsaturated/α-hetero) is 1. The molecule has 2 rings (SSSR count). The van der Waals surface area contributed by atoms with Gasteiger partial charge >= 0.3 is 0 Å². The molecule has 0 heterocycles. The van der Waals surface area contributed by atoms with Crippen LogP contribution in [0.25, 0.3) is 4.85 Å². The molecule has 1 fully saturated rings. The van der Waals surface area contributed by atoms with Gasteiger partial charge in [0, 0.05) is 12.3 Å². The maximum absolute atomic E-state index is 11.9. The highest BCUT2D eigenvalue weighted by atomic mass is 16.1. The van der Waals surface area contributed by atoms with Crippen molar-refractivity contribution in [1.29, 1.82) is 0 Å². The molecule has 0 amide bonds. The molecule has 2 heteroatoms. The summed E-state index contributed by atoms with van der Waals surface area (Å²) in [7, 11) is 0. The van der Waals surface area contributed by atoms with Crippen LogP contribution in [-0.2, 0) is 11.2 Å². The number of ketones is 1. The van der Waals surface area contributed by atoms with E-state index in [0.717, 1.165) is 18.4 Å². The lowest BCUT2D eigenvalue weighted by molar-refractivity contribution is -0.122. The number of nitrogens with zero attached hydrogens (tertiary/aromatic N) is 1. The third-order valence-electron chi connectivity index (χ3n) is 3.25. The van der Waals surface area contributed by atoms with Gasteiger partial charge in [0.2, 0.25) is 0 Å². The molecule has 0 saturated heterocycles. The van der Waals surface area contributed by atoms with E-state index < -0.39 is 0 Å². The SMILES string of the molecule is [C-]#[N+]c1ccc(CC(=O)C2CCCC2)cc1. The van der Waals surface area contributed by atoms with Crippen molar-refractivity contribution in [3.8, 4) is 0 Å². The quantitative estimate of drug-likeness (QED) is 0.704. The van der Waals surface area contributed by atoms with E-state index in [0.29, 0.717) is 23.8 Å². The Morgan fingerprint density at radius 2 is 1.88 bits per heavy atom. The number of benzene rings is 1. The van der Waals surface area contributed by atoms with Crippen LogP contribution in [0.3, 0.4) is 0 Å². The molecule has 16 heavy (non-hydrogen) atoms. The average Bonchev–Trinajstić information content (AvgIpc) is 2.83. The first-order valence-corrected chi connectivity index (χ1v) is 5.78. The van der Waals surface area contributed by atoms with E-state index in [1.807, 2.05) is 12.1 Å². The second kappa shape index (κ2) is 4.94. The van der Waals surface area contributed by atoms with E-state index in [1.54, 1.807) is 12.1 Å². The first-order valence-electron chi connectivity index (χ1n) is 5.78. The molecule has 0 spiro atoms. The highest BCUT2D eigenvalue weighted by molar-refractivity contribution is 5.83. The Balaban J connectivity index is 1.98. The molecule has 0 aromatic heterocycles. The average molecular weight is 213 g/mol. The minimum atomic E-state index is 0.292. The molecule has 0 unspecified atom stereocenters. The van der Waals surface area contributed by atoms with E-state index in [2.05, 4.69) is 4.85 Å². The van der Waals surface area contributed by atoms with Gasteiger partial charge in [-0.3, -0.25) is 4.79 Å². The minimum Gasteiger partial charge on any atom is -0.299 e. The zero-order chi connectivity index (χ0) is 11.4. The van der Waals surface area contributed by atoms with E-state index in [9.17, 15) is 4.79 Å². The summed E-state index contributed by atoms with van der Waals surface area (Å²) in [4.78, 5) is 15.2. The van der Waals surface area contributed by atoms with Crippen LogP contribution in [-0.4, -0.2) is 5.78 Å². The van der Waals surface area contributed by atoms with Crippen molar-refractivity contribution >= 4 is 11.5 Å². The maximum Gasteiger partial charge on any atom is 0.187 e. The summed E-state index contributed by atoms with van der Waals surface area (Å²) in [5.74, 6) is 0.661. The summed E-state index contributed by atoms with van der Waals surface area (Å²) < 4.78 is 0. The predicted octanol–water partition coefficient (Wildman–Crippen LogP) is 3.54. The molecule has 1 aromatic rings. The smallest absolute Gasteiger partial charge is 0.187 e. The van der Waals surface area contributed by atoms with Crippen LogP contribution < -0.4 is 0 Å². The highest BCUT2D eigenvalue weighted by Gasteiger charge is 2.22. The van der Waals surface area contributed by atoms with E-state index in [1.165, 1.54) is 12.8 Å². The van der Waals surface area contributed by atoms with Crippen LogP contribution in [0, 0.1) is 12.5 Å². The number of carbonyl (C=O) groups excluding carboxylic acids is 1. The van der Waals surface area contributed by atoms with Crippen molar-refractivity contribution in [1.82, 2.24) is 0 Å². The molecule has 1 aliphatic carbocycles. The van der Waals surface area contributed by atoms with Gasteiger partial charge in [0.05, 0.1) is 6.57 Å². The van der Waals surface area contributed by atoms with Crippen LogP contribution in [0.1, 0.15) is 31.2 Å². The molecule has 0 N–H and O–H groups in total. The van der Waals surface area contributed by atoms with Gasteiger partial charge in [-0.1, -0.05) is 37.1 Å². The molecule has 1 saturated carbocycles. The van der Waals surface area contributed by atoms with Crippen LogP contribution in [0.15, 0.2) is 24.3 Å². The Morgan fingerprint density at radius 3 is 2.44 bits per heavy atom. The lowest BCUT2D eigenvalue weighted by Crippen LogP contribution is -2.13. The summed E-state index contributed by atoms with van der Waals surface area (Å²) in [6.07, 6.45) is 5.07. The van der Waals surface area contributed by atoms with Crippen LogP contribution in [0.2, 0.25) is 0 Å². The van der Waals surface area contributed by atoms with Crippen molar-refractivity contribution in [3.05, 3.63) is 41.2 Å². The lowest BCUT2D eigenvalue weighted by Gasteiger charge is -2.07. The Kier molecular flexibility index (Phi) is 3.36. The summed E-state index contributed by atoms with van der Waals surface area (Å²) in [5.41, 5.74) is 1.67. The van der Waals surface area contributed by atoms with Gasteiger partial charge in [-0.15, -0.1) is 0 Å². The molecular weight excluding hydrogens is 198 g/mol. The standard InChI is InChI=1S/C14H15NO/c1-15-13-8-6-11(7-9-13)10-14(16)12-4-2-3-5-12/h6-9,12H,2-5,10H2. The van der Waals surface area contributed by atoms with Crippen LogP contribution >= 0.6 is 0 Å². The Morgan fingerprint density at radius 1 is 1.25 bits per heavy atom. The second-order valence-corrected chi connectivity index (χ2v) is 4.40.